The van der Waals surface area contributed by atoms with Crippen molar-refractivity contribution < 1.29 is 9.90 Å². The van der Waals surface area contributed by atoms with Crippen molar-refractivity contribution in [2.24, 2.45) is 5.41 Å². The molecule has 1 spiro atoms. The maximum Gasteiger partial charge on any atom is 0.224 e. The van der Waals surface area contributed by atoms with Crippen LogP contribution >= 0.6 is 0 Å². The lowest BCUT2D eigenvalue weighted by Gasteiger charge is -2.58. The largest absolute Gasteiger partial charge is 0.506 e. The first-order chi connectivity index (χ1) is 12.0. The highest BCUT2D eigenvalue weighted by Gasteiger charge is 2.68. The van der Waals surface area contributed by atoms with Crippen LogP contribution in [0.3, 0.4) is 0 Å². The van der Waals surface area contributed by atoms with E-state index in [2.05, 4.69) is 17.9 Å². The van der Waals surface area contributed by atoms with Crippen LogP contribution in [0.1, 0.15) is 57.9 Å². The molecule has 4 aliphatic rings. The second-order valence-electron chi connectivity index (χ2n) is 8.67. The zero-order valence-electron chi connectivity index (χ0n) is 15.3. The van der Waals surface area contributed by atoms with Crippen molar-refractivity contribution in [3.63, 3.8) is 0 Å². The molecule has 5 rings (SSSR count). The first kappa shape index (κ1) is 15.7. The molecule has 4 heteroatoms. The SMILES string of the molecule is CC[C@]12CCCN3CC[C@]4(c5cccc(O)c5N(C(C)=O)[C@@H]4CC1)[C@@H]32. The minimum absolute atomic E-state index is 0.00836. The predicted molar refractivity (Wildman–Crippen MR) is 97.9 cm³/mol. The van der Waals surface area contributed by atoms with Gasteiger partial charge in [0.25, 0.3) is 0 Å². The molecule has 134 valence electrons. The van der Waals surface area contributed by atoms with Gasteiger partial charge in [-0.3, -0.25) is 9.69 Å². The van der Waals surface area contributed by atoms with E-state index in [4.69, 9.17) is 0 Å². The molecule has 1 aromatic carbocycles. The number of hydrogen-bond acceptors (Lipinski definition) is 3. The summed E-state index contributed by atoms with van der Waals surface area (Å²) in [5.74, 6) is 0.343. The standard InChI is InChI=1S/C21H28N2O2/c1-3-20-9-5-12-22-13-11-21(19(20)22)15-6-4-7-16(25)18(15)23(14(2)24)17(21)8-10-20/h4,6-7,17,19,25H,3,5,8-13H2,1-2H3/t17-,19+,20+,21-/m1/s1. The lowest BCUT2D eigenvalue weighted by atomic mass is 9.52. The lowest BCUT2D eigenvalue weighted by molar-refractivity contribution is -0.118. The molecule has 0 bridgehead atoms. The normalized spacial score (nSPS) is 39.0. The topological polar surface area (TPSA) is 43.8 Å². The second-order valence-corrected chi connectivity index (χ2v) is 8.67. The van der Waals surface area contributed by atoms with Crippen molar-refractivity contribution in [2.75, 3.05) is 18.0 Å². The number of amides is 1. The summed E-state index contributed by atoms with van der Waals surface area (Å²) in [7, 11) is 0. The third-order valence-electron chi connectivity index (χ3n) is 7.99. The summed E-state index contributed by atoms with van der Waals surface area (Å²) in [6.45, 7) is 6.33. The van der Waals surface area contributed by atoms with E-state index in [-0.39, 0.29) is 23.1 Å². The number of carbonyl (C=O) groups excluding carboxylic acids is 1. The third kappa shape index (κ3) is 1.69. The van der Waals surface area contributed by atoms with E-state index in [1.807, 2.05) is 11.0 Å². The molecule has 4 atom stereocenters. The average molecular weight is 340 g/mol. The first-order valence-corrected chi connectivity index (χ1v) is 9.91. The van der Waals surface area contributed by atoms with Gasteiger partial charge in [-0.05, 0) is 68.7 Å². The van der Waals surface area contributed by atoms with E-state index >= 15 is 0 Å². The minimum Gasteiger partial charge on any atom is -0.506 e. The average Bonchev–Trinajstić information content (AvgIpc) is 3.14. The summed E-state index contributed by atoms with van der Waals surface area (Å²) in [6.07, 6.45) is 7.21. The predicted octanol–water partition coefficient (Wildman–Crippen LogP) is 3.42. The molecule has 1 amide bonds. The number of nitrogens with zero attached hydrogens (tertiary/aromatic N) is 2. The van der Waals surface area contributed by atoms with Crippen LogP contribution in [0.15, 0.2) is 18.2 Å². The van der Waals surface area contributed by atoms with Crippen LogP contribution in [-0.2, 0) is 10.2 Å². The van der Waals surface area contributed by atoms with E-state index in [0.717, 1.165) is 25.1 Å². The van der Waals surface area contributed by atoms with Crippen molar-refractivity contribution in [3.05, 3.63) is 23.8 Å². The Morgan fingerprint density at radius 3 is 2.88 bits per heavy atom. The van der Waals surface area contributed by atoms with Crippen molar-refractivity contribution >= 4 is 11.6 Å². The van der Waals surface area contributed by atoms with Gasteiger partial charge in [0.15, 0.2) is 0 Å². The molecule has 1 aliphatic carbocycles. The van der Waals surface area contributed by atoms with E-state index in [1.165, 1.54) is 37.8 Å². The maximum atomic E-state index is 12.6. The van der Waals surface area contributed by atoms with Gasteiger partial charge < -0.3 is 10.0 Å². The van der Waals surface area contributed by atoms with E-state index < -0.39 is 0 Å². The number of fused-ring (bicyclic) bond motifs is 1. The molecule has 4 nitrogen and oxygen atoms in total. The highest BCUT2D eigenvalue weighted by Crippen LogP contribution is 2.66. The molecule has 1 N–H and O–H groups in total. The van der Waals surface area contributed by atoms with Gasteiger partial charge in [0, 0.05) is 24.4 Å². The Labute approximate surface area is 149 Å². The van der Waals surface area contributed by atoms with Gasteiger partial charge >= 0.3 is 0 Å². The summed E-state index contributed by atoms with van der Waals surface area (Å²) >= 11 is 0. The highest BCUT2D eigenvalue weighted by molar-refractivity contribution is 5.98. The summed E-state index contributed by atoms with van der Waals surface area (Å²) in [5.41, 5.74) is 2.42. The van der Waals surface area contributed by atoms with Gasteiger partial charge in [-0.15, -0.1) is 0 Å². The summed E-state index contributed by atoms with van der Waals surface area (Å²) in [4.78, 5) is 17.3. The Balaban J connectivity index is 1.77. The van der Waals surface area contributed by atoms with Crippen LogP contribution in [0.5, 0.6) is 5.75 Å². The van der Waals surface area contributed by atoms with Crippen LogP contribution in [-0.4, -0.2) is 41.1 Å². The molecular formula is C21H28N2O2. The molecule has 0 unspecified atom stereocenters. The third-order valence-corrected chi connectivity index (χ3v) is 7.99. The Bertz CT molecular complexity index is 747. The number of aromatic hydroxyl groups is 1. The fourth-order valence-electron chi connectivity index (χ4n) is 7.22. The van der Waals surface area contributed by atoms with Crippen molar-refractivity contribution in [1.29, 1.82) is 0 Å². The lowest BCUT2D eigenvalue weighted by Crippen LogP contribution is -2.65. The number of piperidine rings is 1. The van der Waals surface area contributed by atoms with Crippen LogP contribution in [0.25, 0.3) is 0 Å². The Kier molecular flexibility index (Phi) is 3.14. The molecular weight excluding hydrogens is 312 g/mol. The maximum absolute atomic E-state index is 12.6. The monoisotopic (exact) mass is 340 g/mol. The first-order valence-electron chi connectivity index (χ1n) is 9.91. The smallest absolute Gasteiger partial charge is 0.224 e. The quantitative estimate of drug-likeness (QED) is 0.852. The number of phenolic OH excluding ortho intramolecular Hbond substituents is 1. The molecule has 3 aliphatic heterocycles. The number of phenols is 1. The molecule has 3 heterocycles. The Hall–Kier alpha value is -1.55. The summed E-state index contributed by atoms with van der Waals surface area (Å²) in [5, 5.41) is 10.6. The van der Waals surface area contributed by atoms with Gasteiger partial charge in [-0.2, -0.15) is 0 Å². The fraction of sp³-hybridized carbons (Fsp3) is 0.667. The summed E-state index contributed by atoms with van der Waals surface area (Å²) in [6, 6.07) is 6.62. The zero-order valence-corrected chi connectivity index (χ0v) is 15.3. The number of hydrogen-bond donors (Lipinski definition) is 1. The zero-order chi connectivity index (χ0) is 17.4. The molecule has 1 saturated carbocycles. The number of rotatable bonds is 1. The molecule has 0 radical (unpaired) electrons. The van der Waals surface area contributed by atoms with Crippen LogP contribution in [0.4, 0.5) is 5.69 Å². The molecule has 0 aromatic heterocycles. The number of para-hydroxylation sites is 1. The molecule has 2 saturated heterocycles. The van der Waals surface area contributed by atoms with Crippen LogP contribution < -0.4 is 4.90 Å². The van der Waals surface area contributed by atoms with Crippen molar-refractivity contribution in [2.45, 2.75) is 69.9 Å². The van der Waals surface area contributed by atoms with Gasteiger partial charge in [0.05, 0.1) is 5.69 Å². The summed E-state index contributed by atoms with van der Waals surface area (Å²) < 4.78 is 0. The van der Waals surface area contributed by atoms with Gasteiger partial charge in [-0.1, -0.05) is 19.1 Å². The number of anilines is 1. The van der Waals surface area contributed by atoms with E-state index in [0.29, 0.717) is 11.5 Å². The molecule has 25 heavy (non-hydrogen) atoms. The van der Waals surface area contributed by atoms with Crippen molar-refractivity contribution in [1.82, 2.24) is 4.90 Å². The van der Waals surface area contributed by atoms with Crippen LogP contribution in [0, 0.1) is 5.41 Å². The Morgan fingerprint density at radius 1 is 1.28 bits per heavy atom. The Morgan fingerprint density at radius 2 is 2.12 bits per heavy atom. The minimum atomic E-state index is 0.00836. The van der Waals surface area contributed by atoms with Gasteiger partial charge in [0.2, 0.25) is 5.91 Å². The highest BCUT2D eigenvalue weighted by atomic mass is 16.3. The van der Waals surface area contributed by atoms with Gasteiger partial charge in [-0.25, -0.2) is 0 Å². The second kappa shape index (κ2) is 5.00. The molecule has 3 fully saturated rings. The van der Waals surface area contributed by atoms with Gasteiger partial charge in [0.1, 0.15) is 5.75 Å². The number of carbonyl (C=O) groups is 1. The molecule has 1 aromatic rings. The van der Waals surface area contributed by atoms with E-state index in [1.54, 1.807) is 13.0 Å². The van der Waals surface area contributed by atoms with E-state index in [9.17, 15) is 9.90 Å². The fourth-order valence-corrected chi connectivity index (χ4v) is 7.22. The van der Waals surface area contributed by atoms with Crippen LogP contribution in [0.2, 0.25) is 0 Å². The van der Waals surface area contributed by atoms with Crippen molar-refractivity contribution in [3.8, 4) is 5.75 Å². The number of benzene rings is 1.